The van der Waals surface area contributed by atoms with Crippen LogP contribution in [0.15, 0.2) is 53.5 Å². The molecule has 1 amide bonds. The molecule has 4 heteroatoms. The van der Waals surface area contributed by atoms with Gasteiger partial charge < -0.3 is 5.73 Å². The minimum atomic E-state index is -0.222. The van der Waals surface area contributed by atoms with E-state index >= 15 is 0 Å². The number of carbonyl (C=O) groups excluding carboxylic acids is 1. The summed E-state index contributed by atoms with van der Waals surface area (Å²) >= 11 is 0. The minimum absolute atomic E-state index is 0.131. The van der Waals surface area contributed by atoms with Crippen molar-refractivity contribution < 1.29 is 4.79 Å². The first-order chi connectivity index (χ1) is 10.1. The normalized spacial score (nSPS) is 11.2. The summed E-state index contributed by atoms with van der Waals surface area (Å²) < 4.78 is 0. The van der Waals surface area contributed by atoms with Crippen LogP contribution < -0.4 is 11.1 Å². The number of aliphatic imine (C=N–C) groups is 1. The maximum atomic E-state index is 12.2. The van der Waals surface area contributed by atoms with Gasteiger partial charge in [-0.2, -0.15) is 0 Å². The Morgan fingerprint density at radius 1 is 1.05 bits per heavy atom. The van der Waals surface area contributed by atoms with Crippen LogP contribution in [-0.4, -0.2) is 11.9 Å². The Morgan fingerprint density at radius 2 is 1.67 bits per heavy atom. The number of carbonyl (C=O) groups is 1. The van der Waals surface area contributed by atoms with Crippen molar-refractivity contribution >= 4 is 11.9 Å². The number of rotatable bonds is 3. The van der Waals surface area contributed by atoms with E-state index in [2.05, 4.69) is 10.3 Å². The molecule has 2 rings (SSSR count). The van der Waals surface area contributed by atoms with E-state index in [0.29, 0.717) is 12.1 Å². The molecule has 2 aromatic rings. The van der Waals surface area contributed by atoms with Gasteiger partial charge in [0.1, 0.15) is 0 Å². The summed E-state index contributed by atoms with van der Waals surface area (Å²) in [6, 6.07) is 15.5. The molecule has 21 heavy (non-hydrogen) atoms. The Kier molecular flexibility index (Phi) is 4.72. The van der Waals surface area contributed by atoms with Crippen molar-refractivity contribution in [2.75, 3.05) is 0 Å². The molecule has 0 saturated heterocycles. The molecule has 0 atom stereocenters. The van der Waals surface area contributed by atoms with Gasteiger partial charge in [0.05, 0.1) is 6.54 Å². The second-order valence-corrected chi connectivity index (χ2v) is 4.91. The first kappa shape index (κ1) is 14.8. The van der Waals surface area contributed by atoms with Gasteiger partial charge in [-0.05, 0) is 30.5 Å². The van der Waals surface area contributed by atoms with E-state index < -0.39 is 0 Å². The first-order valence-corrected chi connectivity index (χ1v) is 6.79. The molecular weight excluding hydrogens is 262 g/mol. The fraction of sp³-hybridized carbons (Fsp3) is 0.176. The highest BCUT2D eigenvalue weighted by Crippen LogP contribution is 2.12. The van der Waals surface area contributed by atoms with E-state index in [-0.39, 0.29) is 11.9 Å². The predicted octanol–water partition coefficient (Wildman–Crippen LogP) is 2.55. The Balaban J connectivity index is 2.05. The van der Waals surface area contributed by atoms with Crippen molar-refractivity contribution in [3.8, 4) is 0 Å². The van der Waals surface area contributed by atoms with Crippen molar-refractivity contribution in [1.82, 2.24) is 5.32 Å². The molecule has 0 heterocycles. The highest BCUT2D eigenvalue weighted by Gasteiger charge is 2.12. The molecule has 0 aliphatic heterocycles. The fourth-order valence-corrected chi connectivity index (χ4v) is 2.15. The zero-order valence-electron chi connectivity index (χ0n) is 12.3. The Bertz CT molecular complexity index is 643. The molecule has 0 bridgehead atoms. The van der Waals surface area contributed by atoms with Crippen LogP contribution in [0.25, 0.3) is 0 Å². The molecule has 0 radical (unpaired) electrons. The van der Waals surface area contributed by atoms with Crippen LogP contribution in [0.1, 0.15) is 27.0 Å². The van der Waals surface area contributed by atoms with Crippen LogP contribution in [-0.2, 0) is 6.54 Å². The molecule has 0 unspecified atom stereocenters. The quantitative estimate of drug-likeness (QED) is 0.670. The second-order valence-electron chi connectivity index (χ2n) is 4.91. The monoisotopic (exact) mass is 281 g/mol. The Morgan fingerprint density at radius 3 is 2.29 bits per heavy atom. The maximum Gasteiger partial charge on any atom is 0.258 e. The standard InChI is InChI=1S/C17H19N3O/c1-12-7-6-8-13(2)15(12)16(21)20-17(18)19-11-14-9-4-3-5-10-14/h3-10H,11H2,1-2H3,(H3,18,19,20,21). The molecular formula is C17H19N3O. The smallest absolute Gasteiger partial charge is 0.258 e. The molecule has 4 nitrogen and oxygen atoms in total. The largest absolute Gasteiger partial charge is 0.370 e. The lowest BCUT2D eigenvalue weighted by atomic mass is 10.0. The van der Waals surface area contributed by atoms with Gasteiger partial charge in [0, 0.05) is 5.56 Å². The van der Waals surface area contributed by atoms with Gasteiger partial charge in [-0.25, -0.2) is 4.99 Å². The van der Waals surface area contributed by atoms with Gasteiger partial charge in [-0.15, -0.1) is 0 Å². The van der Waals surface area contributed by atoms with E-state index in [4.69, 9.17) is 5.73 Å². The number of nitrogens with one attached hydrogen (secondary N) is 1. The number of guanidine groups is 1. The zero-order chi connectivity index (χ0) is 15.2. The number of nitrogens with zero attached hydrogens (tertiary/aromatic N) is 1. The predicted molar refractivity (Wildman–Crippen MR) is 85.2 cm³/mol. The van der Waals surface area contributed by atoms with Crippen LogP contribution in [0.3, 0.4) is 0 Å². The molecule has 0 saturated carbocycles. The Hall–Kier alpha value is -2.62. The zero-order valence-corrected chi connectivity index (χ0v) is 12.3. The molecule has 0 spiro atoms. The average Bonchev–Trinajstić information content (AvgIpc) is 2.46. The Labute approximate surface area is 124 Å². The third kappa shape index (κ3) is 3.92. The van der Waals surface area contributed by atoms with Gasteiger partial charge in [0.2, 0.25) is 0 Å². The number of aryl methyl sites for hydroxylation is 2. The van der Waals surface area contributed by atoms with E-state index in [9.17, 15) is 4.79 Å². The van der Waals surface area contributed by atoms with Gasteiger partial charge in [0.25, 0.3) is 5.91 Å². The molecule has 0 aliphatic rings. The molecule has 0 fully saturated rings. The van der Waals surface area contributed by atoms with E-state index in [1.165, 1.54) is 0 Å². The third-order valence-electron chi connectivity index (χ3n) is 3.22. The van der Waals surface area contributed by atoms with Crippen molar-refractivity contribution in [3.63, 3.8) is 0 Å². The van der Waals surface area contributed by atoms with Crippen LogP contribution in [0.4, 0.5) is 0 Å². The van der Waals surface area contributed by atoms with Gasteiger partial charge >= 0.3 is 0 Å². The average molecular weight is 281 g/mol. The van der Waals surface area contributed by atoms with Crippen LogP contribution in [0, 0.1) is 13.8 Å². The lowest BCUT2D eigenvalue weighted by molar-refractivity contribution is 0.0975. The molecule has 108 valence electrons. The van der Waals surface area contributed by atoms with Gasteiger partial charge in [-0.3, -0.25) is 10.1 Å². The molecule has 2 aromatic carbocycles. The summed E-state index contributed by atoms with van der Waals surface area (Å²) in [5, 5.41) is 2.64. The van der Waals surface area contributed by atoms with Gasteiger partial charge in [0.15, 0.2) is 5.96 Å². The third-order valence-corrected chi connectivity index (χ3v) is 3.22. The summed E-state index contributed by atoms with van der Waals surface area (Å²) in [6.45, 7) is 4.25. The summed E-state index contributed by atoms with van der Waals surface area (Å²) in [4.78, 5) is 16.4. The fourth-order valence-electron chi connectivity index (χ4n) is 2.15. The lowest BCUT2D eigenvalue weighted by Gasteiger charge is -2.09. The minimum Gasteiger partial charge on any atom is -0.370 e. The van der Waals surface area contributed by atoms with Gasteiger partial charge in [-0.1, -0.05) is 48.5 Å². The van der Waals surface area contributed by atoms with E-state index in [1.807, 2.05) is 62.4 Å². The lowest BCUT2D eigenvalue weighted by Crippen LogP contribution is -2.37. The number of benzene rings is 2. The molecule has 3 N–H and O–H groups in total. The number of hydrogen-bond donors (Lipinski definition) is 2. The van der Waals surface area contributed by atoms with E-state index in [0.717, 1.165) is 16.7 Å². The first-order valence-electron chi connectivity index (χ1n) is 6.79. The molecule has 0 aromatic heterocycles. The summed E-state index contributed by atoms with van der Waals surface area (Å²) in [5.74, 6) is -0.0913. The summed E-state index contributed by atoms with van der Waals surface area (Å²) in [6.07, 6.45) is 0. The number of amides is 1. The van der Waals surface area contributed by atoms with Crippen molar-refractivity contribution in [2.24, 2.45) is 10.7 Å². The van der Waals surface area contributed by atoms with Crippen LogP contribution in [0.5, 0.6) is 0 Å². The van der Waals surface area contributed by atoms with Crippen molar-refractivity contribution in [2.45, 2.75) is 20.4 Å². The summed E-state index contributed by atoms with van der Waals surface area (Å²) in [5.41, 5.74) is 9.31. The van der Waals surface area contributed by atoms with Crippen LogP contribution in [0.2, 0.25) is 0 Å². The highest BCUT2D eigenvalue weighted by molar-refractivity contribution is 6.06. The SMILES string of the molecule is Cc1cccc(C)c1C(=O)NC(N)=NCc1ccccc1. The van der Waals surface area contributed by atoms with Crippen molar-refractivity contribution in [3.05, 3.63) is 70.8 Å². The number of hydrogen-bond acceptors (Lipinski definition) is 2. The number of nitrogens with two attached hydrogens (primary N) is 1. The summed E-state index contributed by atoms with van der Waals surface area (Å²) in [7, 11) is 0. The van der Waals surface area contributed by atoms with Crippen LogP contribution >= 0.6 is 0 Å². The molecule has 0 aliphatic carbocycles. The topological polar surface area (TPSA) is 67.5 Å². The highest BCUT2D eigenvalue weighted by atomic mass is 16.1. The maximum absolute atomic E-state index is 12.2. The second kappa shape index (κ2) is 6.70. The van der Waals surface area contributed by atoms with E-state index in [1.54, 1.807) is 0 Å². The van der Waals surface area contributed by atoms with Crippen molar-refractivity contribution in [1.29, 1.82) is 0 Å².